The number of benzene rings is 2. The molecule has 3 aromatic rings. The molecule has 0 unspecified atom stereocenters. The van der Waals surface area contributed by atoms with Gasteiger partial charge in [0.1, 0.15) is 0 Å². The summed E-state index contributed by atoms with van der Waals surface area (Å²) >= 11 is 0. The standard InChI is InChI=1S/C14H11N3O2/c1-19-14(18)13-9-15-16-17(13)12-8-4-6-10-5-2-3-7-11(10)12/h2-9H,1H3. The van der Waals surface area contributed by atoms with Gasteiger partial charge in [0.15, 0.2) is 5.69 Å². The first-order valence-corrected chi connectivity index (χ1v) is 5.78. The van der Waals surface area contributed by atoms with E-state index in [4.69, 9.17) is 4.74 Å². The molecular weight excluding hydrogens is 242 g/mol. The van der Waals surface area contributed by atoms with Gasteiger partial charge in [0.2, 0.25) is 0 Å². The molecule has 0 radical (unpaired) electrons. The summed E-state index contributed by atoms with van der Waals surface area (Å²) in [5.41, 5.74) is 1.11. The van der Waals surface area contributed by atoms with E-state index < -0.39 is 5.97 Å². The maximum Gasteiger partial charge on any atom is 0.358 e. The molecule has 2 aromatic carbocycles. The molecule has 0 spiro atoms. The predicted molar refractivity (Wildman–Crippen MR) is 70.2 cm³/mol. The van der Waals surface area contributed by atoms with Crippen LogP contribution in [0, 0.1) is 0 Å². The predicted octanol–water partition coefficient (Wildman–Crippen LogP) is 2.21. The summed E-state index contributed by atoms with van der Waals surface area (Å²) in [6.07, 6.45) is 1.40. The van der Waals surface area contributed by atoms with E-state index in [2.05, 4.69) is 10.3 Å². The van der Waals surface area contributed by atoms with Crippen LogP contribution in [0.15, 0.2) is 48.7 Å². The number of hydrogen-bond donors (Lipinski definition) is 0. The number of aromatic nitrogens is 3. The molecule has 1 heterocycles. The molecule has 0 fully saturated rings. The van der Waals surface area contributed by atoms with Crippen molar-refractivity contribution in [3.63, 3.8) is 0 Å². The average Bonchev–Trinajstić information content (AvgIpc) is 2.95. The molecule has 0 atom stereocenters. The van der Waals surface area contributed by atoms with Crippen LogP contribution in [0.25, 0.3) is 16.5 Å². The van der Waals surface area contributed by atoms with Gasteiger partial charge in [0, 0.05) is 5.39 Å². The molecule has 0 bridgehead atoms. The lowest BCUT2D eigenvalue weighted by molar-refractivity contribution is 0.0590. The smallest absolute Gasteiger partial charge is 0.358 e. The molecule has 0 saturated heterocycles. The molecule has 0 aliphatic rings. The number of nitrogens with zero attached hydrogens (tertiary/aromatic N) is 3. The van der Waals surface area contributed by atoms with E-state index in [1.54, 1.807) is 0 Å². The van der Waals surface area contributed by atoms with Crippen molar-refractivity contribution in [3.8, 4) is 5.69 Å². The Morgan fingerprint density at radius 2 is 1.95 bits per heavy atom. The Morgan fingerprint density at radius 3 is 2.79 bits per heavy atom. The molecule has 0 aliphatic heterocycles. The third-order valence-electron chi connectivity index (χ3n) is 2.94. The summed E-state index contributed by atoms with van der Waals surface area (Å²) in [5, 5.41) is 9.83. The highest BCUT2D eigenvalue weighted by atomic mass is 16.5. The van der Waals surface area contributed by atoms with Crippen LogP contribution in [0.2, 0.25) is 0 Å². The zero-order chi connectivity index (χ0) is 13.2. The zero-order valence-electron chi connectivity index (χ0n) is 10.3. The highest BCUT2D eigenvalue weighted by Crippen LogP contribution is 2.22. The Balaban J connectivity index is 2.26. The van der Waals surface area contributed by atoms with Crippen LogP contribution in [0.1, 0.15) is 10.5 Å². The number of fused-ring (bicyclic) bond motifs is 1. The van der Waals surface area contributed by atoms with Gasteiger partial charge in [-0.25, -0.2) is 9.48 Å². The topological polar surface area (TPSA) is 57.0 Å². The Kier molecular flexibility index (Phi) is 2.72. The summed E-state index contributed by atoms with van der Waals surface area (Å²) in [6.45, 7) is 0. The van der Waals surface area contributed by atoms with E-state index in [-0.39, 0.29) is 0 Å². The molecule has 94 valence electrons. The zero-order valence-corrected chi connectivity index (χ0v) is 10.3. The number of rotatable bonds is 2. The molecule has 1 aromatic heterocycles. The second-order valence-corrected chi connectivity index (χ2v) is 4.02. The number of esters is 1. The van der Waals surface area contributed by atoms with Crippen molar-refractivity contribution in [1.82, 2.24) is 15.0 Å². The maximum absolute atomic E-state index is 11.7. The summed E-state index contributed by atoms with van der Waals surface area (Å²) in [5.74, 6) is -0.460. The summed E-state index contributed by atoms with van der Waals surface area (Å²) in [6, 6.07) is 13.7. The highest BCUT2D eigenvalue weighted by molar-refractivity contribution is 5.93. The van der Waals surface area contributed by atoms with E-state index in [1.807, 2.05) is 42.5 Å². The van der Waals surface area contributed by atoms with Crippen LogP contribution >= 0.6 is 0 Å². The molecular formula is C14H11N3O2. The fourth-order valence-electron chi connectivity index (χ4n) is 2.05. The molecule has 0 aliphatic carbocycles. The Bertz CT molecular complexity index is 744. The lowest BCUT2D eigenvalue weighted by atomic mass is 10.1. The molecule has 19 heavy (non-hydrogen) atoms. The van der Waals surface area contributed by atoms with Crippen LogP contribution in [-0.2, 0) is 4.74 Å². The molecule has 0 saturated carbocycles. The van der Waals surface area contributed by atoms with Crippen LogP contribution in [0.5, 0.6) is 0 Å². The van der Waals surface area contributed by atoms with Crippen molar-refractivity contribution >= 4 is 16.7 Å². The second kappa shape index (κ2) is 4.53. The van der Waals surface area contributed by atoms with Crippen LogP contribution in [-0.4, -0.2) is 28.1 Å². The maximum atomic E-state index is 11.7. The van der Waals surface area contributed by atoms with Gasteiger partial charge in [-0.1, -0.05) is 41.6 Å². The average molecular weight is 253 g/mol. The van der Waals surface area contributed by atoms with Gasteiger partial charge in [0.05, 0.1) is 19.0 Å². The third-order valence-corrected chi connectivity index (χ3v) is 2.94. The van der Waals surface area contributed by atoms with Gasteiger partial charge >= 0.3 is 5.97 Å². The van der Waals surface area contributed by atoms with Gasteiger partial charge < -0.3 is 4.74 Å². The van der Waals surface area contributed by atoms with E-state index in [0.29, 0.717) is 5.69 Å². The van der Waals surface area contributed by atoms with E-state index >= 15 is 0 Å². The number of carbonyl (C=O) groups excluding carboxylic acids is 1. The molecule has 3 rings (SSSR count). The Hall–Kier alpha value is -2.69. The Morgan fingerprint density at radius 1 is 1.16 bits per heavy atom. The van der Waals surface area contributed by atoms with Crippen LogP contribution < -0.4 is 0 Å². The van der Waals surface area contributed by atoms with Crippen molar-refractivity contribution < 1.29 is 9.53 Å². The van der Waals surface area contributed by atoms with Gasteiger partial charge in [-0.2, -0.15) is 0 Å². The van der Waals surface area contributed by atoms with Crippen molar-refractivity contribution in [3.05, 3.63) is 54.4 Å². The van der Waals surface area contributed by atoms with Crippen molar-refractivity contribution in [1.29, 1.82) is 0 Å². The normalized spacial score (nSPS) is 10.6. The van der Waals surface area contributed by atoms with Crippen LogP contribution in [0.4, 0.5) is 0 Å². The first-order chi connectivity index (χ1) is 9.31. The van der Waals surface area contributed by atoms with E-state index in [1.165, 1.54) is 18.0 Å². The van der Waals surface area contributed by atoms with Gasteiger partial charge in [-0.05, 0) is 11.5 Å². The van der Waals surface area contributed by atoms with Gasteiger partial charge in [-0.15, -0.1) is 5.10 Å². The quantitative estimate of drug-likeness (QED) is 0.657. The van der Waals surface area contributed by atoms with Crippen molar-refractivity contribution in [2.45, 2.75) is 0 Å². The van der Waals surface area contributed by atoms with Crippen LogP contribution in [0.3, 0.4) is 0 Å². The first-order valence-electron chi connectivity index (χ1n) is 5.78. The number of ether oxygens (including phenoxy) is 1. The number of hydrogen-bond acceptors (Lipinski definition) is 4. The fraction of sp³-hybridized carbons (Fsp3) is 0.0714. The van der Waals surface area contributed by atoms with Crippen molar-refractivity contribution in [2.75, 3.05) is 7.11 Å². The van der Waals surface area contributed by atoms with Crippen molar-refractivity contribution in [2.24, 2.45) is 0 Å². The molecule has 5 nitrogen and oxygen atoms in total. The van der Waals surface area contributed by atoms with Gasteiger partial charge in [0.25, 0.3) is 0 Å². The lowest BCUT2D eigenvalue weighted by Gasteiger charge is -2.08. The third kappa shape index (κ3) is 1.85. The number of carbonyl (C=O) groups is 1. The minimum Gasteiger partial charge on any atom is -0.464 e. The second-order valence-electron chi connectivity index (χ2n) is 4.02. The highest BCUT2D eigenvalue weighted by Gasteiger charge is 2.16. The SMILES string of the molecule is COC(=O)c1cnnn1-c1cccc2ccccc12. The van der Waals surface area contributed by atoms with Gasteiger partial charge in [-0.3, -0.25) is 0 Å². The Labute approximate surface area is 109 Å². The summed E-state index contributed by atoms with van der Waals surface area (Å²) in [7, 11) is 1.34. The van der Waals surface area contributed by atoms with E-state index in [0.717, 1.165) is 16.5 Å². The molecule has 0 amide bonds. The minimum absolute atomic E-state index is 0.304. The molecule has 0 N–H and O–H groups in total. The fourth-order valence-corrected chi connectivity index (χ4v) is 2.05. The largest absolute Gasteiger partial charge is 0.464 e. The minimum atomic E-state index is -0.460. The van der Waals surface area contributed by atoms with E-state index in [9.17, 15) is 4.79 Å². The first kappa shape index (κ1) is 11.4. The summed E-state index contributed by atoms with van der Waals surface area (Å²) < 4.78 is 6.22. The molecule has 5 heteroatoms. The monoisotopic (exact) mass is 253 g/mol. The summed E-state index contributed by atoms with van der Waals surface area (Å²) in [4.78, 5) is 11.7. The lowest BCUT2D eigenvalue weighted by Crippen LogP contribution is -2.10. The number of methoxy groups -OCH3 is 1.